The van der Waals surface area contributed by atoms with E-state index in [-0.39, 0.29) is 41.9 Å². The summed E-state index contributed by atoms with van der Waals surface area (Å²) in [7, 11) is 1.72. The van der Waals surface area contributed by atoms with Crippen LogP contribution in [-0.4, -0.2) is 76.7 Å². The molecule has 10 heteroatoms. The van der Waals surface area contributed by atoms with Crippen LogP contribution in [0.15, 0.2) is 54.6 Å². The van der Waals surface area contributed by atoms with Crippen molar-refractivity contribution in [3.8, 4) is 0 Å². The summed E-state index contributed by atoms with van der Waals surface area (Å²) in [5.41, 5.74) is 1.27. The molecule has 2 N–H and O–H groups in total. The minimum Gasteiger partial charge on any atom is -1.00 e. The molecule has 0 fully saturated rings. The van der Waals surface area contributed by atoms with Gasteiger partial charge in [0.05, 0.1) is 4.92 Å². The third kappa shape index (κ3) is 9.46. The second-order valence-corrected chi connectivity index (χ2v) is 7.65. The maximum absolute atomic E-state index is 13.1. The number of benzene rings is 2. The molecule has 0 saturated carbocycles. The van der Waals surface area contributed by atoms with E-state index >= 15 is 0 Å². The first-order valence-electron chi connectivity index (χ1n) is 10.9. The number of amides is 2. The van der Waals surface area contributed by atoms with Crippen LogP contribution >= 0.6 is 0 Å². The predicted molar refractivity (Wildman–Crippen MR) is 128 cm³/mol. The lowest BCUT2D eigenvalue weighted by Gasteiger charge is -2.27. The molecular formula is C24H34ClN4O5-. The van der Waals surface area contributed by atoms with E-state index < -0.39 is 4.92 Å². The molecule has 9 nitrogen and oxygen atoms in total. The number of nitro benzene ring substituents is 1. The minimum absolute atomic E-state index is 0. The van der Waals surface area contributed by atoms with Gasteiger partial charge in [-0.25, -0.2) is 0 Å². The maximum atomic E-state index is 13.1. The summed E-state index contributed by atoms with van der Waals surface area (Å²) in [5.74, 6) is -0.465. The number of hydrogen-bond acceptors (Lipinski definition) is 5. The largest absolute Gasteiger partial charge is 1.00 e. The number of carbonyl (C=O) groups excluding carboxylic acids is 2. The van der Waals surface area contributed by atoms with Crippen molar-refractivity contribution in [2.75, 3.05) is 39.8 Å². The molecule has 34 heavy (non-hydrogen) atoms. The van der Waals surface area contributed by atoms with E-state index in [2.05, 4.69) is 18.7 Å². The van der Waals surface area contributed by atoms with Crippen LogP contribution in [0, 0.1) is 10.1 Å². The van der Waals surface area contributed by atoms with Crippen molar-refractivity contribution in [1.82, 2.24) is 14.7 Å². The summed E-state index contributed by atoms with van der Waals surface area (Å²) < 4.78 is 0. The number of non-ortho nitro benzene ring substituents is 1. The third-order valence-corrected chi connectivity index (χ3v) is 5.42. The van der Waals surface area contributed by atoms with Crippen LogP contribution in [0.25, 0.3) is 0 Å². The van der Waals surface area contributed by atoms with E-state index in [9.17, 15) is 19.7 Å². The molecule has 0 bridgehead atoms. The van der Waals surface area contributed by atoms with Crippen LogP contribution in [0.1, 0.15) is 36.2 Å². The number of carbonyl (C=O) groups is 2. The van der Waals surface area contributed by atoms with Crippen LogP contribution in [0.4, 0.5) is 5.69 Å². The predicted octanol–water partition coefficient (Wildman–Crippen LogP) is -0.393. The summed E-state index contributed by atoms with van der Waals surface area (Å²) in [4.78, 5) is 41.8. The van der Waals surface area contributed by atoms with Gasteiger partial charge >= 0.3 is 0 Å². The molecule has 2 aromatic carbocycles. The SMILES string of the molecule is CCN(CC)CCCN(CC(=O)N(C)Cc1ccccc1)C(=O)c1ccc([N+](=O)[O-])cc1.O.[Cl-]. The molecule has 2 rings (SSSR count). The Morgan fingerprint density at radius 1 is 0.941 bits per heavy atom. The van der Waals surface area contributed by atoms with Crippen molar-refractivity contribution >= 4 is 17.5 Å². The first-order chi connectivity index (χ1) is 15.3. The highest BCUT2D eigenvalue weighted by atomic mass is 35.5. The van der Waals surface area contributed by atoms with Crippen LogP contribution in [0.2, 0.25) is 0 Å². The van der Waals surface area contributed by atoms with Crippen LogP contribution in [0.5, 0.6) is 0 Å². The fourth-order valence-electron chi connectivity index (χ4n) is 3.42. The summed E-state index contributed by atoms with van der Waals surface area (Å²) in [5, 5.41) is 10.9. The standard InChI is InChI=1S/C24H32N4O4.ClH.H2O/c1-4-26(5-2)16-9-17-27(24(30)21-12-14-22(15-13-21)28(31)32)19-23(29)25(3)18-20-10-7-6-8-11-20;;/h6-8,10-15H,4-5,9,16-19H2,1-3H3;1H;1H2/p-1. The molecular weight excluding hydrogens is 460 g/mol. The minimum atomic E-state index is -0.502. The topological polar surface area (TPSA) is 118 Å². The molecule has 188 valence electrons. The quantitative estimate of drug-likeness (QED) is 0.294. The average molecular weight is 494 g/mol. The molecule has 0 saturated heterocycles. The van der Waals surface area contributed by atoms with Crippen LogP contribution < -0.4 is 12.4 Å². The van der Waals surface area contributed by atoms with Crippen molar-refractivity contribution in [1.29, 1.82) is 0 Å². The summed E-state index contributed by atoms with van der Waals surface area (Å²) in [6.45, 7) is 7.69. The van der Waals surface area contributed by atoms with Gasteiger partial charge in [0.1, 0.15) is 6.54 Å². The lowest BCUT2D eigenvalue weighted by Crippen LogP contribution is -3.00. The van der Waals surface area contributed by atoms with Crippen LogP contribution in [-0.2, 0) is 11.3 Å². The highest BCUT2D eigenvalue weighted by Gasteiger charge is 2.21. The zero-order chi connectivity index (χ0) is 23.5. The Kier molecular flexibility index (Phi) is 14.4. The Morgan fingerprint density at radius 2 is 1.53 bits per heavy atom. The molecule has 2 aromatic rings. The van der Waals surface area contributed by atoms with Gasteiger partial charge in [0.15, 0.2) is 0 Å². The molecule has 0 atom stereocenters. The first kappa shape index (κ1) is 31.0. The van der Waals surface area contributed by atoms with E-state index in [1.807, 2.05) is 30.3 Å². The van der Waals surface area contributed by atoms with E-state index in [1.165, 1.54) is 29.2 Å². The Labute approximate surface area is 207 Å². The number of rotatable bonds is 12. The zero-order valence-corrected chi connectivity index (χ0v) is 20.7. The van der Waals surface area contributed by atoms with Crippen molar-refractivity contribution in [2.24, 2.45) is 0 Å². The number of nitro groups is 1. The Hall–Kier alpha value is -3.01. The summed E-state index contributed by atoms with van der Waals surface area (Å²) in [6.07, 6.45) is 0.732. The lowest BCUT2D eigenvalue weighted by molar-refractivity contribution is -0.384. The Balaban J connectivity index is 0.00000544. The summed E-state index contributed by atoms with van der Waals surface area (Å²) in [6, 6.07) is 15.2. The zero-order valence-electron chi connectivity index (χ0n) is 19.9. The fourth-order valence-corrected chi connectivity index (χ4v) is 3.42. The van der Waals surface area contributed by atoms with Crippen molar-refractivity contribution in [2.45, 2.75) is 26.8 Å². The molecule has 0 spiro atoms. The van der Waals surface area contributed by atoms with E-state index in [4.69, 9.17) is 0 Å². The first-order valence-corrected chi connectivity index (χ1v) is 10.9. The summed E-state index contributed by atoms with van der Waals surface area (Å²) >= 11 is 0. The molecule has 2 amide bonds. The van der Waals surface area contributed by atoms with E-state index in [1.54, 1.807) is 11.9 Å². The van der Waals surface area contributed by atoms with Crippen molar-refractivity contribution in [3.05, 3.63) is 75.8 Å². The van der Waals surface area contributed by atoms with Gasteiger partial charge in [-0.05, 0) is 43.8 Å². The lowest BCUT2D eigenvalue weighted by atomic mass is 10.1. The van der Waals surface area contributed by atoms with Gasteiger partial charge in [-0.1, -0.05) is 44.2 Å². The molecule has 0 heterocycles. The van der Waals surface area contributed by atoms with Gasteiger partial charge in [-0.15, -0.1) is 0 Å². The third-order valence-electron chi connectivity index (χ3n) is 5.42. The second kappa shape index (κ2) is 15.8. The van der Waals surface area contributed by atoms with Gasteiger partial charge in [0.2, 0.25) is 5.91 Å². The van der Waals surface area contributed by atoms with Gasteiger partial charge < -0.3 is 32.6 Å². The number of halogens is 1. The van der Waals surface area contributed by atoms with Crippen LogP contribution in [0.3, 0.4) is 0 Å². The highest BCUT2D eigenvalue weighted by molar-refractivity contribution is 5.96. The van der Waals surface area contributed by atoms with Crippen molar-refractivity contribution in [3.63, 3.8) is 0 Å². The van der Waals surface area contributed by atoms with Gasteiger partial charge in [0.25, 0.3) is 11.6 Å². The normalized spacial score (nSPS) is 10.1. The number of nitrogens with zero attached hydrogens (tertiary/aromatic N) is 4. The Bertz CT molecular complexity index is 892. The van der Waals surface area contributed by atoms with Crippen molar-refractivity contribution < 1.29 is 32.4 Å². The molecule has 0 radical (unpaired) electrons. The maximum Gasteiger partial charge on any atom is 0.269 e. The fraction of sp³-hybridized carbons (Fsp3) is 0.417. The Morgan fingerprint density at radius 3 is 2.06 bits per heavy atom. The van der Waals surface area contributed by atoms with Gasteiger partial charge in [-0.3, -0.25) is 19.7 Å². The average Bonchev–Trinajstić information content (AvgIpc) is 2.81. The molecule has 0 unspecified atom stereocenters. The van der Waals surface area contributed by atoms with E-state index in [0.29, 0.717) is 18.7 Å². The monoisotopic (exact) mass is 493 g/mol. The van der Waals surface area contributed by atoms with Gasteiger partial charge in [0, 0.05) is 37.8 Å². The highest BCUT2D eigenvalue weighted by Crippen LogP contribution is 2.14. The van der Waals surface area contributed by atoms with Gasteiger partial charge in [-0.2, -0.15) is 0 Å². The molecule has 0 aliphatic rings. The smallest absolute Gasteiger partial charge is 0.269 e. The number of likely N-dealkylation sites (N-methyl/N-ethyl adjacent to an activating group) is 1. The molecule has 0 aliphatic carbocycles. The number of hydrogen-bond donors (Lipinski definition) is 0. The van der Waals surface area contributed by atoms with E-state index in [0.717, 1.165) is 31.6 Å². The molecule has 0 aliphatic heterocycles. The second-order valence-electron chi connectivity index (χ2n) is 7.65. The molecule has 0 aromatic heterocycles.